The summed E-state index contributed by atoms with van der Waals surface area (Å²) >= 11 is 5.80. The lowest BCUT2D eigenvalue weighted by Crippen LogP contribution is -2.43. The molecule has 0 saturated carbocycles. The van der Waals surface area contributed by atoms with Gasteiger partial charge >= 0.3 is 0 Å². The molecule has 6 heteroatoms. The van der Waals surface area contributed by atoms with Crippen LogP contribution in [0.3, 0.4) is 0 Å². The number of carbonyl (C=O) groups is 2. The molecule has 20 heavy (non-hydrogen) atoms. The van der Waals surface area contributed by atoms with Crippen LogP contribution in [0.4, 0.5) is 5.69 Å². The lowest BCUT2D eigenvalue weighted by molar-refractivity contribution is -0.130. The molecule has 4 unspecified atom stereocenters. The van der Waals surface area contributed by atoms with Crippen LogP contribution in [-0.4, -0.2) is 24.0 Å². The van der Waals surface area contributed by atoms with Gasteiger partial charge in [0, 0.05) is 10.7 Å². The number of primary amides is 1. The molecule has 2 heterocycles. The molecule has 1 aromatic carbocycles. The molecule has 2 fully saturated rings. The van der Waals surface area contributed by atoms with Crippen molar-refractivity contribution in [2.24, 2.45) is 17.6 Å². The second-order valence-corrected chi connectivity index (χ2v) is 5.68. The maximum atomic E-state index is 12.4. The molecule has 2 aliphatic rings. The number of fused-ring (bicyclic) bond motifs is 2. The van der Waals surface area contributed by atoms with Crippen molar-refractivity contribution in [3.63, 3.8) is 0 Å². The number of nitrogens with one attached hydrogen (secondary N) is 1. The third-order valence-electron chi connectivity index (χ3n) is 4.02. The Bertz CT molecular complexity index is 546. The van der Waals surface area contributed by atoms with Crippen LogP contribution < -0.4 is 11.1 Å². The van der Waals surface area contributed by atoms with E-state index in [9.17, 15) is 9.59 Å². The van der Waals surface area contributed by atoms with Gasteiger partial charge in [-0.15, -0.1) is 0 Å². The van der Waals surface area contributed by atoms with Crippen LogP contribution in [0.5, 0.6) is 0 Å². The topological polar surface area (TPSA) is 81.4 Å². The van der Waals surface area contributed by atoms with Crippen molar-refractivity contribution in [1.82, 2.24) is 0 Å². The van der Waals surface area contributed by atoms with Crippen molar-refractivity contribution >= 4 is 29.1 Å². The molecule has 0 aliphatic carbocycles. The average molecular weight is 295 g/mol. The van der Waals surface area contributed by atoms with Crippen molar-refractivity contribution in [1.29, 1.82) is 0 Å². The summed E-state index contributed by atoms with van der Waals surface area (Å²) in [6.07, 6.45) is 1.18. The number of hydrogen-bond acceptors (Lipinski definition) is 3. The fraction of sp³-hybridized carbons (Fsp3) is 0.429. The number of carbonyl (C=O) groups excluding carboxylic acids is 2. The minimum atomic E-state index is -0.527. The fourth-order valence-electron chi connectivity index (χ4n) is 3.13. The van der Waals surface area contributed by atoms with Gasteiger partial charge in [-0.25, -0.2) is 0 Å². The van der Waals surface area contributed by atoms with E-state index in [0.717, 1.165) is 12.8 Å². The van der Waals surface area contributed by atoms with E-state index >= 15 is 0 Å². The van der Waals surface area contributed by atoms with Crippen molar-refractivity contribution in [3.8, 4) is 0 Å². The standard InChI is InChI=1S/C14H15ClN2O3/c15-7-1-3-8(4-2-7)17-14(19)12-10-6-5-9(20-10)11(12)13(16)18/h1-4,9-12H,5-6H2,(H2,16,18)(H,17,19). The lowest BCUT2D eigenvalue weighted by Gasteiger charge is -2.24. The number of benzene rings is 1. The highest BCUT2D eigenvalue weighted by Crippen LogP contribution is 2.43. The normalized spacial score (nSPS) is 31.2. The number of halogens is 1. The highest BCUT2D eigenvalue weighted by molar-refractivity contribution is 6.30. The van der Waals surface area contributed by atoms with Crippen LogP contribution in [0, 0.1) is 11.8 Å². The van der Waals surface area contributed by atoms with Crippen LogP contribution in [0.15, 0.2) is 24.3 Å². The molecule has 0 aromatic heterocycles. The van der Waals surface area contributed by atoms with E-state index < -0.39 is 17.7 Å². The molecule has 106 valence electrons. The minimum Gasteiger partial charge on any atom is -0.373 e. The number of anilines is 1. The molecule has 2 amide bonds. The SMILES string of the molecule is NC(=O)C1C2CCC(O2)C1C(=O)Nc1ccc(Cl)cc1. The van der Waals surface area contributed by atoms with E-state index in [1.807, 2.05) is 0 Å². The summed E-state index contributed by atoms with van der Waals surface area (Å²) in [5.41, 5.74) is 6.05. The Morgan fingerprint density at radius 3 is 2.35 bits per heavy atom. The Labute approximate surface area is 121 Å². The third-order valence-corrected chi connectivity index (χ3v) is 4.27. The number of nitrogens with two attached hydrogens (primary N) is 1. The molecule has 0 spiro atoms. The quantitative estimate of drug-likeness (QED) is 0.887. The Hall–Kier alpha value is -1.59. The summed E-state index contributed by atoms with van der Waals surface area (Å²) < 4.78 is 5.65. The zero-order chi connectivity index (χ0) is 14.3. The van der Waals surface area contributed by atoms with Gasteiger partial charge in [0.15, 0.2) is 0 Å². The van der Waals surface area contributed by atoms with Crippen molar-refractivity contribution in [2.75, 3.05) is 5.32 Å². The molecule has 5 nitrogen and oxygen atoms in total. The Kier molecular flexibility index (Phi) is 3.40. The zero-order valence-corrected chi connectivity index (χ0v) is 11.5. The number of hydrogen-bond donors (Lipinski definition) is 2. The van der Waals surface area contributed by atoms with Gasteiger partial charge < -0.3 is 15.8 Å². The van der Waals surface area contributed by atoms with Crippen LogP contribution in [0.25, 0.3) is 0 Å². The first-order valence-corrected chi connectivity index (χ1v) is 6.95. The molecule has 2 saturated heterocycles. The number of amides is 2. The van der Waals surface area contributed by atoms with Gasteiger partial charge in [-0.05, 0) is 37.1 Å². The molecule has 2 aliphatic heterocycles. The first-order chi connectivity index (χ1) is 9.56. The van der Waals surface area contributed by atoms with Gasteiger partial charge in [0.1, 0.15) is 0 Å². The summed E-state index contributed by atoms with van der Waals surface area (Å²) in [4.78, 5) is 23.9. The molecule has 3 rings (SSSR count). The van der Waals surface area contributed by atoms with Crippen LogP contribution in [0.2, 0.25) is 5.02 Å². The smallest absolute Gasteiger partial charge is 0.231 e. The van der Waals surface area contributed by atoms with Gasteiger partial charge in [0.05, 0.1) is 24.0 Å². The minimum absolute atomic E-state index is 0.204. The largest absolute Gasteiger partial charge is 0.373 e. The predicted molar refractivity (Wildman–Crippen MR) is 74.2 cm³/mol. The van der Waals surface area contributed by atoms with Crippen molar-refractivity contribution in [2.45, 2.75) is 25.0 Å². The van der Waals surface area contributed by atoms with E-state index in [0.29, 0.717) is 10.7 Å². The summed E-state index contributed by atoms with van der Waals surface area (Å²) in [7, 11) is 0. The van der Waals surface area contributed by atoms with Gasteiger partial charge in [-0.3, -0.25) is 9.59 Å². The summed E-state index contributed by atoms with van der Waals surface area (Å²) in [6, 6.07) is 6.82. The molecule has 2 bridgehead atoms. The molecule has 4 atom stereocenters. The highest BCUT2D eigenvalue weighted by atomic mass is 35.5. The van der Waals surface area contributed by atoms with E-state index in [1.165, 1.54) is 0 Å². The molecule has 0 radical (unpaired) electrons. The zero-order valence-electron chi connectivity index (χ0n) is 10.7. The molecular formula is C14H15ClN2O3. The maximum absolute atomic E-state index is 12.4. The highest BCUT2D eigenvalue weighted by Gasteiger charge is 2.54. The van der Waals surface area contributed by atoms with Gasteiger partial charge in [-0.1, -0.05) is 11.6 Å². The molecular weight excluding hydrogens is 280 g/mol. The maximum Gasteiger partial charge on any atom is 0.231 e. The van der Waals surface area contributed by atoms with E-state index in [1.54, 1.807) is 24.3 Å². The van der Waals surface area contributed by atoms with Crippen LogP contribution >= 0.6 is 11.6 Å². The van der Waals surface area contributed by atoms with E-state index in [4.69, 9.17) is 22.1 Å². The Morgan fingerprint density at radius 2 is 1.75 bits per heavy atom. The second kappa shape index (κ2) is 5.07. The summed E-state index contributed by atoms with van der Waals surface area (Å²) in [6.45, 7) is 0. The van der Waals surface area contributed by atoms with E-state index in [-0.39, 0.29) is 18.1 Å². The molecule has 1 aromatic rings. The average Bonchev–Trinajstić information content (AvgIpc) is 3.01. The van der Waals surface area contributed by atoms with Crippen molar-refractivity contribution in [3.05, 3.63) is 29.3 Å². The first kappa shape index (κ1) is 13.4. The second-order valence-electron chi connectivity index (χ2n) is 5.24. The third kappa shape index (κ3) is 2.27. The van der Waals surface area contributed by atoms with Gasteiger partial charge in [0.25, 0.3) is 0 Å². The van der Waals surface area contributed by atoms with Gasteiger partial charge in [-0.2, -0.15) is 0 Å². The lowest BCUT2D eigenvalue weighted by atomic mass is 9.78. The van der Waals surface area contributed by atoms with Crippen molar-refractivity contribution < 1.29 is 14.3 Å². The summed E-state index contributed by atoms with van der Waals surface area (Å²) in [5.74, 6) is -1.71. The van der Waals surface area contributed by atoms with Crippen LogP contribution in [-0.2, 0) is 14.3 Å². The predicted octanol–water partition coefficient (Wildman–Crippen LogP) is 1.56. The number of rotatable bonds is 3. The Balaban J connectivity index is 1.76. The Morgan fingerprint density at radius 1 is 1.15 bits per heavy atom. The van der Waals surface area contributed by atoms with Gasteiger partial charge in [0.2, 0.25) is 11.8 Å². The summed E-state index contributed by atoms with van der Waals surface area (Å²) in [5, 5.41) is 3.39. The number of ether oxygens (including phenoxy) is 1. The first-order valence-electron chi connectivity index (χ1n) is 6.57. The van der Waals surface area contributed by atoms with Crippen LogP contribution in [0.1, 0.15) is 12.8 Å². The van der Waals surface area contributed by atoms with E-state index in [2.05, 4.69) is 5.32 Å². The monoisotopic (exact) mass is 294 g/mol. The molecule has 3 N–H and O–H groups in total. The fourth-order valence-corrected chi connectivity index (χ4v) is 3.26.